The number of aromatic nitrogens is 1. The lowest BCUT2D eigenvalue weighted by molar-refractivity contribution is -0.134. The van der Waals surface area contributed by atoms with Gasteiger partial charge < -0.3 is 30.4 Å². The van der Waals surface area contributed by atoms with E-state index in [0.717, 1.165) is 30.2 Å². The van der Waals surface area contributed by atoms with Crippen molar-refractivity contribution in [1.82, 2.24) is 20.5 Å². The molecule has 0 radical (unpaired) electrons. The molecule has 2 aliphatic heterocycles. The number of methoxy groups -OCH3 is 1. The smallest absolute Gasteiger partial charge is 0.271 e. The Morgan fingerprint density at radius 2 is 2.08 bits per heavy atom. The maximum absolute atomic E-state index is 13.8. The summed E-state index contributed by atoms with van der Waals surface area (Å²) in [4.78, 5) is 57.4. The van der Waals surface area contributed by atoms with Gasteiger partial charge in [-0.3, -0.25) is 19.2 Å². The van der Waals surface area contributed by atoms with E-state index in [4.69, 9.17) is 4.74 Å². The van der Waals surface area contributed by atoms with Gasteiger partial charge >= 0.3 is 0 Å². The number of aliphatic hydroxyl groups excluding tert-OH is 1. The number of amides is 3. The number of ether oxygens (including phenoxy) is 1. The van der Waals surface area contributed by atoms with Crippen LogP contribution >= 0.6 is 0 Å². The maximum Gasteiger partial charge on any atom is 0.271 e. The molecule has 10 nitrogen and oxygen atoms in total. The fourth-order valence-corrected chi connectivity index (χ4v) is 6.65. The van der Waals surface area contributed by atoms with Crippen LogP contribution in [0.15, 0.2) is 24.3 Å². The minimum atomic E-state index is -0.997. The van der Waals surface area contributed by atoms with E-state index < -0.39 is 36.3 Å². The number of rotatable bonds is 8. The van der Waals surface area contributed by atoms with E-state index in [0.29, 0.717) is 31.0 Å². The van der Waals surface area contributed by atoms with Crippen molar-refractivity contribution in [1.29, 1.82) is 0 Å². The molecule has 3 aliphatic rings. The van der Waals surface area contributed by atoms with Crippen molar-refractivity contribution >= 4 is 34.4 Å². The van der Waals surface area contributed by atoms with E-state index in [1.165, 1.54) is 0 Å². The summed E-state index contributed by atoms with van der Waals surface area (Å²) < 4.78 is 5.43. The molecule has 2 saturated heterocycles. The Labute approximate surface area is 221 Å². The van der Waals surface area contributed by atoms with Crippen LogP contribution in [0.1, 0.15) is 49.5 Å². The van der Waals surface area contributed by atoms with Crippen molar-refractivity contribution < 1.29 is 29.0 Å². The van der Waals surface area contributed by atoms with Crippen molar-refractivity contribution in [2.45, 2.75) is 51.1 Å². The molecule has 1 aliphatic carbocycles. The number of hydrogen-bond donors (Lipinski definition) is 4. The van der Waals surface area contributed by atoms with Gasteiger partial charge in [-0.1, -0.05) is 19.4 Å². The van der Waals surface area contributed by atoms with Gasteiger partial charge in [-0.05, 0) is 61.6 Å². The SMILES string of the molecule is COc1cccc2[nH]c(C(=O)N3C[C@@H]4CCC[C@@H]4[C@H]3C(=O)N[C@@H](C[C@@H]3C[C@H](C)CNC3=O)C(=O)CO)cc12. The quantitative estimate of drug-likeness (QED) is 0.414. The van der Waals surface area contributed by atoms with Crippen molar-refractivity contribution in [3.8, 4) is 5.75 Å². The Hall–Kier alpha value is -3.40. The predicted molar refractivity (Wildman–Crippen MR) is 139 cm³/mol. The first-order valence-corrected chi connectivity index (χ1v) is 13.5. The van der Waals surface area contributed by atoms with Crippen LogP contribution in [-0.2, 0) is 14.4 Å². The number of carbonyl (C=O) groups is 4. The summed E-state index contributed by atoms with van der Waals surface area (Å²) in [6, 6.07) is 5.56. The molecule has 1 saturated carbocycles. The summed E-state index contributed by atoms with van der Waals surface area (Å²) in [6.07, 6.45) is 3.49. The van der Waals surface area contributed by atoms with E-state index in [1.54, 1.807) is 18.1 Å². The number of ketones is 1. The lowest BCUT2D eigenvalue weighted by Crippen LogP contribution is -2.54. The molecule has 4 N–H and O–H groups in total. The van der Waals surface area contributed by atoms with Crippen molar-refractivity contribution in [3.63, 3.8) is 0 Å². The average Bonchev–Trinajstić information content (AvgIpc) is 3.63. The summed E-state index contributed by atoms with van der Waals surface area (Å²) in [7, 11) is 1.58. The van der Waals surface area contributed by atoms with Gasteiger partial charge in [0, 0.05) is 29.9 Å². The third kappa shape index (κ3) is 4.89. The second-order valence-electron chi connectivity index (χ2n) is 11.1. The Kier molecular flexibility index (Phi) is 7.43. The van der Waals surface area contributed by atoms with Gasteiger partial charge in [-0.25, -0.2) is 0 Å². The van der Waals surface area contributed by atoms with Gasteiger partial charge in [0.05, 0.1) is 13.2 Å². The largest absolute Gasteiger partial charge is 0.496 e. The van der Waals surface area contributed by atoms with Crippen LogP contribution in [0.4, 0.5) is 0 Å². The van der Waals surface area contributed by atoms with Crippen LogP contribution < -0.4 is 15.4 Å². The molecule has 3 heterocycles. The molecule has 10 heteroatoms. The normalized spacial score (nSPS) is 27.6. The number of H-pyrrole nitrogens is 1. The number of aromatic amines is 1. The molecule has 204 valence electrons. The van der Waals surface area contributed by atoms with Crippen LogP contribution in [0.25, 0.3) is 10.9 Å². The summed E-state index contributed by atoms with van der Waals surface area (Å²) in [6.45, 7) is 2.35. The molecule has 6 atom stereocenters. The molecule has 2 aromatic rings. The molecule has 3 amide bonds. The van der Waals surface area contributed by atoms with Crippen molar-refractivity contribution in [2.24, 2.45) is 23.7 Å². The molecule has 0 unspecified atom stereocenters. The Balaban J connectivity index is 1.38. The van der Waals surface area contributed by atoms with Gasteiger partial charge in [-0.15, -0.1) is 0 Å². The molecular weight excluding hydrogens is 488 g/mol. The molecule has 0 bridgehead atoms. The number of carbonyl (C=O) groups excluding carboxylic acids is 4. The number of piperidine rings is 1. The number of Topliss-reactive ketones (excluding diaryl/α,β-unsaturated/α-hetero) is 1. The first-order valence-electron chi connectivity index (χ1n) is 13.5. The van der Waals surface area contributed by atoms with Gasteiger partial charge in [0.2, 0.25) is 11.8 Å². The van der Waals surface area contributed by atoms with Crippen LogP contribution in [0, 0.1) is 23.7 Å². The number of aliphatic hydroxyl groups is 1. The predicted octanol–water partition coefficient (Wildman–Crippen LogP) is 1.63. The van der Waals surface area contributed by atoms with Gasteiger partial charge in [0.1, 0.15) is 24.1 Å². The third-order valence-electron chi connectivity index (χ3n) is 8.56. The van der Waals surface area contributed by atoms with E-state index >= 15 is 0 Å². The van der Waals surface area contributed by atoms with Crippen LogP contribution in [0.2, 0.25) is 0 Å². The maximum atomic E-state index is 13.8. The minimum absolute atomic E-state index is 0.000689. The number of nitrogens with one attached hydrogen (secondary N) is 3. The second-order valence-corrected chi connectivity index (χ2v) is 11.1. The summed E-state index contributed by atoms with van der Waals surface area (Å²) in [5.74, 6) is -0.664. The van der Waals surface area contributed by atoms with Crippen molar-refractivity contribution in [3.05, 3.63) is 30.0 Å². The van der Waals surface area contributed by atoms with Gasteiger partial charge in [-0.2, -0.15) is 0 Å². The number of fused-ring (bicyclic) bond motifs is 2. The highest BCUT2D eigenvalue weighted by atomic mass is 16.5. The molecular formula is C28H36N4O6. The molecule has 0 spiro atoms. The zero-order chi connectivity index (χ0) is 27.0. The Bertz CT molecular complexity index is 1240. The van der Waals surface area contributed by atoms with E-state index in [9.17, 15) is 24.3 Å². The highest BCUT2D eigenvalue weighted by molar-refractivity contribution is 6.02. The first kappa shape index (κ1) is 26.2. The topological polar surface area (TPSA) is 141 Å². The number of nitrogens with zero attached hydrogens (tertiary/aromatic N) is 1. The van der Waals surface area contributed by atoms with E-state index in [-0.39, 0.29) is 36.0 Å². The molecule has 38 heavy (non-hydrogen) atoms. The standard InChI is InChI=1S/C28H36N4O6/c1-15-9-17(26(35)29-12-15)10-21(23(34)14-33)31-27(36)25-18-6-3-5-16(18)13-32(25)28(37)22-11-19-20(30-22)7-4-8-24(19)38-2/h4,7-8,11,15-18,21,25,30,33H,3,5-6,9-10,12-14H2,1-2H3,(H,29,35)(H,31,36)/t15-,16-,17-,18-,21-,25-/m0/s1. The van der Waals surface area contributed by atoms with Crippen LogP contribution in [-0.4, -0.2) is 77.4 Å². The summed E-state index contributed by atoms with van der Waals surface area (Å²) in [5, 5.41) is 16.1. The first-order chi connectivity index (χ1) is 18.3. The lowest BCUT2D eigenvalue weighted by atomic mass is 9.85. The number of benzene rings is 1. The molecule has 5 rings (SSSR count). The Morgan fingerprint density at radius 3 is 2.84 bits per heavy atom. The average molecular weight is 525 g/mol. The summed E-state index contributed by atoms with van der Waals surface area (Å²) in [5.41, 5.74) is 1.14. The zero-order valence-corrected chi connectivity index (χ0v) is 21.9. The number of hydrogen-bond acceptors (Lipinski definition) is 6. The fraction of sp³-hybridized carbons (Fsp3) is 0.571. The third-order valence-corrected chi connectivity index (χ3v) is 8.56. The van der Waals surface area contributed by atoms with Crippen LogP contribution in [0.5, 0.6) is 5.75 Å². The zero-order valence-electron chi connectivity index (χ0n) is 21.9. The van der Waals surface area contributed by atoms with Crippen molar-refractivity contribution in [2.75, 3.05) is 26.8 Å². The highest BCUT2D eigenvalue weighted by Crippen LogP contribution is 2.43. The van der Waals surface area contributed by atoms with E-state index in [1.807, 2.05) is 25.1 Å². The van der Waals surface area contributed by atoms with E-state index in [2.05, 4.69) is 15.6 Å². The minimum Gasteiger partial charge on any atom is -0.496 e. The highest BCUT2D eigenvalue weighted by Gasteiger charge is 2.50. The fourth-order valence-electron chi connectivity index (χ4n) is 6.65. The molecule has 1 aromatic carbocycles. The van der Waals surface area contributed by atoms with Gasteiger partial charge in [0.25, 0.3) is 5.91 Å². The summed E-state index contributed by atoms with van der Waals surface area (Å²) >= 11 is 0. The monoisotopic (exact) mass is 524 g/mol. The second kappa shape index (κ2) is 10.8. The Morgan fingerprint density at radius 1 is 1.26 bits per heavy atom. The molecule has 1 aromatic heterocycles. The molecule has 3 fully saturated rings. The lowest BCUT2D eigenvalue weighted by Gasteiger charge is -2.31. The number of likely N-dealkylation sites (tertiary alicyclic amines) is 1. The van der Waals surface area contributed by atoms with Crippen LogP contribution in [0.3, 0.4) is 0 Å². The van der Waals surface area contributed by atoms with Gasteiger partial charge in [0.15, 0.2) is 5.78 Å².